The molecule has 0 amide bonds. The van der Waals surface area contributed by atoms with Crippen LogP contribution >= 0.6 is 0 Å². The van der Waals surface area contributed by atoms with Gasteiger partial charge in [0.2, 0.25) is 0 Å². The van der Waals surface area contributed by atoms with Crippen LogP contribution in [0.25, 0.3) is 22.4 Å². The highest BCUT2D eigenvalue weighted by Gasteiger charge is 2.27. The van der Waals surface area contributed by atoms with Crippen molar-refractivity contribution in [2.24, 2.45) is 15.4 Å². The summed E-state index contributed by atoms with van der Waals surface area (Å²) in [5.41, 5.74) is 10.9. The minimum absolute atomic E-state index is 0.481. The summed E-state index contributed by atoms with van der Waals surface area (Å²) in [6.45, 7) is 4.53. The maximum absolute atomic E-state index is 5.23. The van der Waals surface area contributed by atoms with E-state index >= 15 is 0 Å². The second-order valence-corrected chi connectivity index (χ2v) is 8.00. The van der Waals surface area contributed by atoms with Gasteiger partial charge in [-0.25, -0.2) is 0 Å². The number of hydrogen-bond donors (Lipinski definition) is 0. The van der Waals surface area contributed by atoms with E-state index in [1.807, 2.05) is 32.3 Å². The highest BCUT2D eigenvalue weighted by Crippen LogP contribution is 2.39. The Hall–Kier alpha value is -3.28. The molecule has 0 aromatic carbocycles. The summed E-state index contributed by atoms with van der Waals surface area (Å²) in [5, 5.41) is 12.5. The molecule has 30 heavy (non-hydrogen) atoms. The fraction of sp³-hybridized carbons (Fsp3) is 0.333. The molecule has 2 aliphatic rings. The summed E-state index contributed by atoms with van der Waals surface area (Å²) < 4.78 is 0. The Balaban J connectivity index is 1.87. The van der Waals surface area contributed by atoms with Crippen LogP contribution in [0.15, 0.2) is 52.1 Å². The molecule has 6 heteroatoms. The van der Waals surface area contributed by atoms with Crippen LogP contribution in [0.1, 0.15) is 47.5 Å². The third-order valence-electron chi connectivity index (χ3n) is 5.82. The molecule has 1 aliphatic heterocycles. The van der Waals surface area contributed by atoms with Crippen LogP contribution < -0.4 is 0 Å². The van der Waals surface area contributed by atoms with Gasteiger partial charge in [0.25, 0.3) is 0 Å². The SMILES string of the molecule is Cc1cc(-c2nc3c(c(-c4ccnc(C)c4)c2C2=NN=NC2)CCCCC3)ccn1. The standard InChI is InChI=1S/C24H24N6/c1-15-12-17(8-10-25-15)22-19-6-4-3-5-7-20(19)28-24(18-9-11-26-16(2)13-18)23(22)21-14-27-30-29-21/h8-13H,3-7,14H2,1-2H3. The summed E-state index contributed by atoms with van der Waals surface area (Å²) in [6.07, 6.45) is 9.36. The third kappa shape index (κ3) is 3.43. The fourth-order valence-electron chi connectivity index (χ4n) is 4.47. The first-order chi connectivity index (χ1) is 14.7. The van der Waals surface area contributed by atoms with Crippen molar-refractivity contribution in [3.05, 3.63) is 64.9 Å². The number of aryl methyl sites for hydroxylation is 3. The van der Waals surface area contributed by atoms with Gasteiger partial charge >= 0.3 is 0 Å². The summed E-state index contributed by atoms with van der Waals surface area (Å²) >= 11 is 0. The van der Waals surface area contributed by atoms with E-state index in [0.717, 1.165) is 46.8 Å². The smallest absolute Gasteiger partial charge is 0.107 e. The van der Waals surface area contributed by atoms with E-state index in [1.54, 1.807) is 0 Å². The molecule has 3 aromatic rings. The zero-order valence-corrected chi connectivity index (χ0v) is 17.4. The Bertz CT molecular complexity index is 1180. The highest BCUT2D eigenvalue weighted by atomic mass is 15.4. The topological polar surface area (TPSA) is 75.8 Å². The van der Waals surface area contributed by atoms with Gasteiger partial charge < -0.3 is 0 Å². The van der Waals surface area contributed by atoms with E-state index < -0.39 is 0 Å². The van der Waals surface area contributed by atoms with Crippen molar-refractivity contribution in [1.82, 2.24) is 15.0 Å². The van der Waals surface area contributed by atoms with E-state index in [1.165, 1.54) is 41.6 Å². The molecule has 1 aliphatic carbocycles. The largest absolute Gasteiger partial charge is 0.262 e. The lowest BCUT2D eigenvalue weighted by Crippen LogP contribution is -2.13. The zero-order chi connectivity index (χ0) is 20.5. The van der Waals surface area contributed by atoms with Crippen LogP contribution in [0.2, 0.25) is 0 Å². The first-order valence-electron chi connectivity index (χ1n) is 10.6. The van der Waals surface area contributed by atoms with Gasteiger partial charge in [-0.1, -0.05) is 6.42 Å². The Labute approximate surface area is 176 Å². The summed E-state index contributed by atoms with van der Waals surface area (Å²) in [5.74, 6) is 0. The first-order valence-corrected chi connectivity index (χ1v) is 10.6. The number of aromatic nitrogens is 3. The van der Waals surface area contributed by atoms with Crippen molar-refractivity contribution >= 4 is 5.71 Å². The van der Waals surface area contributed by atoms with Gasteiger partial charge in [-0.05, 0) is 85.7 Å². The lowest BCUT2D eigenvalue weighted by atomic mass is 9.86. The maximum Gasteiger partial charge on any atom is 0.107 e. The third-order valence-corrected chi connectivity index (χ3v) is 5.82. The molecule has 0 bridgehead atoms. The monoisotopic (exact) mass is 396 g/mol. The minimum Gasteiger partial charge on any atom is -0.262 e. The van der Waals surface area contributed by atoms with Gasteiger partial charge in [0.15, 0.2) is 0 Å². The van der Waals surface area contributed by atoms with Crippen LogP contribution in [0, 0.1) is 13.8 Å². The van der Waals surface area contributed by atoms with Crippen molar-refractivity contribution < 1.29 is 0 Å². The van der Waals surface area contributed by atoms with Gasteiger partial charge in [-0.15, -0.1) is 5.10 Å². The molecule has 6 nitrogen and oxygen atoms in total. The fourth-order valence-corrected chi connectivity index (χ4v) is 4.47. The molecule has 3 aromatic heterocycles. The van der Waals surface area contributed by atoms with Crippen LogP contribution in [0.3, 0.4) is 0 Å². The zero-order valence-electron chi connectivity index (χ0n) is 17.4. The Morgan fingerprint density at radius 3 is 2.27 bits per heavy atom. The normalized spacial score (nSPS) is 15.6. The molecule has 0 unspecified atom stereocenters. The number of rotatable bonds is 3. The first kappa shape index (κ1) is 18.7. The van der Waals surface area contributed by atoms with E-state index in [-0.39, 0.29) is 0 Å². The molecule has 0 radical (unpaired) electrons. The predicted octanol–water partition coefficient (Wildman–Crippen LogP) is 5.26. The molecule has 0 saturated heterocycles. The van der Waals surface area contributed by atoms with E-state index in [9.17, 15) is 0 Å². The molecular weight excluding hydrogens is 372 g/mol. The van der Waals surface area contributed by atoms with Crippen molar-refractivity contribution in [3.8, 4) is 22.4 Å². The van der Waals surface area contributed by atoms with Crippen LogP contribution in [0.4, 0.5) is 0 Å². The van der Waals surface area contributed by atoms with Crippen molar-refractivity contribution in [2.75, 3.05) is 6.54 Å². The molecule has 0 fully saturated rings. The van der Waals surface area contributed by atoms with E-state index in [0.29, 0.717) is 6.54 Å². The molecule has 5 rings (SSSR count). The predicted molar refractivity (Wildman–Crippen MR) is 118 cm³/mol. The number of fused-ring (bicyclic) bond motifs is 1. The Kier molecular flexibility index (Phi) is 4.91. The van der Waals surface area contributed by atoms with Gasteiger partial charge in [0.1, 0.15) is 6.54 Å². The minimum atomic E-state index is 0.481. The van der Waals surface area contributed by atoms with Gasteiger partial charge in [-0.3, -0.25) is 15.0 Å². The van der Waals surface area contributed by atoms with E-state index in [2.05, 4.69) is 43.6 Å². The van der Waals surface area contributed by atoms with Crippen molar-refractivity contribution in [3.63, 3.8) is 0 Å². The Morgan fingerprint density at radius 2 is 1.53 bits per heavy atom. The molecule has 4 heterocycles. The molecule has 0 atom stereocenters. The van der Waals surface area contributed by atoms with Crippen LogP contribution in [0.5, 0.6) is 0 Å². The lowest BCUT2D eigenvalue weighted by Gasteiger charge is -2.21. The molecule has 0 spiro atoms. The molecule has 0 saturated carbocycles. The van der Waals surface area contributed by atoms with Gasteiger partial charge in [0.05, 0.1) is 11.4 Å². The number of pyridine rings is 3. The lowest BCUT2D eigenvalue weighted by molar-refractivity contribution is 0.709. The summed E-state index contributed by atoms with van der Waals surface area (Å²) in [6, 6.07) is 8.39. The number of nitrogens with zero attached hydrogens (tertiary/aromatic N) is 6. The summed E-state index contributed by atoms with van der Waals surface area (Å²) in [4.78, 5) is 14.0. The van der Waals surface area contributed by atoms with Crippen LogP contribution in [-0.2, 0) is 12.8 Å². The quantitative estimate of drug-likeness (QED) is 0.567. The molecule has 0 N–H and O–H groups in total. The summed E-state index contributed by atoms with van der Waals surface area (Å²) in [7, 11) is 0. The van der Waals surface area contributed by atoms with Crippen molar-refractivity contribution in [2.45, 2.75) is 46.0 Å². The van der Waals surface area contributed by atoms with Crippen LogP contribution in [-0.4, -0.2) is 27.2 Å². The second kappa shape index (κ2) is 7.86. The van der Waals surface area contributed by atoms with Gasteiger partial charge in [-0.2, -0.15) is 5.11 Å². The average molecular weight is 396 g/mol. The van der Waals surface area contributed by atoms with E-state index in [4.69, 9.17) is 4.98 Å². The Morgan fingerprint density at radius 1 is 0.800 bits per heavy atom. The van der Waals surface area contributed by atoms with Crippen molar-refractivity contribution in [1.29, 1.82) is 0 Å². The highest BCUT2D eigenvalue weighted by molar-refractivity contribution is 6.12. The number of hydrogen-bond acceptors (Lipinski definition) is 6. The second-order valence-electron chi connectivity index (χ2n) is 8.00. The van der Waals surface area contributed by atoms with Gasteiger partial charge in [0, 0.05) is 40.6 Å². The molecule has 150 valence electrons. The average Bonchev–Trinajstić information content (AvgIpc) is 3.17. The molecular formula is C24H24N6. The maximum atomic E-state index is 5.23.